The summed E-state index contributed by atoms with van der Waals surface area (Å²) in [6, 6.07) is 12.2. The number of sulfone groups is 1. The van der Waals surface area contributed by atoms with Gasteiger partial charge < -0.3 is 15.0 Å². The van der Waals surface area contributed by atoms with Crippen molar-refractivity contribution in [1.29, 1.82) is 0 Å². The SMILES string of the molecule is CC(C)Nc1ccc(C(=O)N2CCC(Oc3ccnc4c3cnn4-c3ccc(S(C)(=O)=O)cc3)CC2)cn1. The molecule has 0 atom stereocenters. The van der Waals surface area contributed by atoms with E-state index in [0.717, 1.165) is 11.2 Å². The average Bonchev–Trinajstić information content (AvgIpc) is 3.34. The van der Waals surface area contributed by atoms with Gasteiger partial charge in [-0.1, -0.05) is 0 Å². The fourth-order valence-electron chi connectivity index (χ4n) is 4.47. The third-order valence-electron chi connectivity index (χ3n) is 6.41. The minimum absolute atomic E-state index is 0.0264. The first-order chi connectivity index (χ1) is 18.2. The predicted octanol–water partition coefficient (Wildman–Crippen LogP) is 3.72. The summed E-state index contributed by atoms with van der Waals surface area (Å²) in [6.45, 7) is 5.26. The molecule has 1 fully saturated rings. The highest BCUT2D eigenvalue weighted by atomic mass is 32.2. The van der Waals surface area contributed by atoms with Gasteiger partial charge in [-0.05, 0) is 56.3 Å². The highest BCUT2D eigenvalue weighted by Crippen LogP contribution is 2.29. The lowest BCUT2D eigenvalue weighted by atomic mass is 10.1. The van der Waals surface area contributed by atoms with Gasteiger partial charge in [0.25, 0.3) is 5.91 Å². The van der Waals surface area contributed by atoms with E-state index in [2.05, 4.69) is 20.4 Å². The molecule has 0 saturated carbocycles. The molecule has 5 rings (SSSR count). The third-order valence-corrected chi connectivity index (χ3v) is 7.54. The zero-order chi connectivity index (χ0) is 26.9. The molecule has 0 bridgehead atoms. The highest BCUT2D eigenvalue weighted by molar-refractivity contribution is 7.90. The standard InChI is InChI=1S/C27H30N6O4S/c1-18(2)31-25-9-4-19(16-29-25)27(34)32-14-11-21(12-15-32)37-24-10-13-28-26-23(24)17-30-33(26)20-5-7-22(8-6-20)38(3,35)36/h4-10,13,16-18,21H,11-12,14-15H2,1-3H3,(H,29,31). The van der Waals surface area contributed by atoms with Crippen molar-refractivity contribution in [3.63, 3.8) is 0 Å². The van der Waals surface area contributed by atoms with Gasteiger partial charge in [-0.2, -0.15) is 5.10 Å². The number of nitrogens with zero attached hydrogens (tertiary/aromatic N) is 5. The van der Waals surface area contributed by atoms with Gasteiger partial charge >= 0.3 is 0 Å². The number of benzene rings is 1. The summed E-state index contributed by atoms with van der Waals surface area (Å²) >= 11 is 0. The van der Waals surface area contributed by atoms with Crippen LogP contribution in [0.15, 0.2) is 66.0 Å². The molecule has 3 aromatic heterocycles. The van der Waals surface area contributed by atoms with Gasteiger partial charge in [-0.25, -0.2) is 23.1 Å². The molecule has 1 saturated heterocycles. The number of nitrogens with one attached hydrogen (secondary N) is 1. The molecule has 4 heterocycles. The maximum Gasteiger partial charge on any atom is 0.255 e. The fraction of sp³-hybridized carbons (Fsp3) is 0.333. The second-order valence-corrected chi connectivity index (χ2v) is 11.7. The molecular formula is C27H30N6O4S. The molecule has 1 aliphatic rings. The van der Waals surface area contributed by atoms with E-state index >= 15 is 0 Å². The Balaban J connectivity index is 1.24. The maximum atomic E-state index is 13.0. The normalized spacial score (nSPS) is 14.7. The predicted molar refractivity (Wildman–Crippen MR) is 145 cm³/mol. The number of pyridine rings is 2. The molecule has 0 aliphatic carbocycles. The summed E-state index contributed by atoms with van der Waals surface area (Å²) in [4.78, 5) is 23.9. The zero-order valence-corrected chi connectivity index (χ0v) is 22.4. The van der Waals surface area contributed by atoms with E-state index in [1.165, 1.54) is 6.26 Å². The van der Waals surface area contributed by atoms with E-state index in [4.69, 9.17) is 4.74 Å². The summed E-state index contributed by atoms with van der Waals surface area (Å²) in [5.74, 6) is 1.40. The molecule has 1 N–H and O–H groups in total. The van der Waals surface area contributed by atoms with Gasteiger partial charge in [0.15, 0.2) is 15.5 Å². The van der Waals surface area contributed by atoms with Gasteiger partial charge in [-0.3, -0.25) is 4.79 Å². The number of hydrogen-bond acceptors (Lipinski definition) is 8. The van der Waals surface area contributed by atoms with Gasteiger partial charge in [0.1, 0.15) is 17.7 Å². The van der Waals surface area contributed by atoms with Crippen LogP contribution in [0.25, 0.3) is 16.7 Å². The van der Waals surface area contributed by atoms with Gasteiger partial charge in [-0.15, -0.1) is 0 Å². The molecule has 0 unspecified atom stereocenters. The minimum atomic E-state index is -3.28. The van der Waals surface area contributed by atoms with Crippen LogP contribution < -0.4 is 10.1 Å². The number of carbonyl (C=O) groups is 1. The Labute approximate surface area is 221 Å². The summed E-state index contributed by atoms with van der Waals surface area (Å²) in [5.41, 5.74) is 1.89. The largest absolute Gasteiger partial charge is 0.489 e. The van der Waals surface area contributed by atoms with Crippen LogP contribution >= 0.6 is 0 Å². The molecule has 0 radical (unpaired) electrons. The first-order valence-electron chi connectivity index (χ1n) is 12.5. The summed E-state index contributed by atoms with van der Waals surface area (Å²) in [6.07, 6.45) is 7.54. The van der Waals surface area contributed by atoms with Crippen LogP contribution in [0.2, 0.25) is 0 Å². The zero-order valence-electron chi connectivity index (χ0n) is 21.5. The number of anilines is 1. The van der Waals surface area contributed by atoms with Crippen molar-refractivity contribution < 1.29 is 17.9 Å². The van der Waals surface area contributed by atoms with Crippen LogP contribution in [0, 0.1) is 0 Å². The molecule has 198 valence electrons. The highest BCUT2D eigenvalue weighted by Gasteiger charge is 2.26. The van der Waals surface area contributed by atoms with Crippen molar-refractivity contribution in [2.24, 2.45) is 0 Å². The van der Waals surface area contributed by atoms with Crippen LogP contribution in [-0.4, -0.2) is 70.5 Å². The van der Waals surface area contributed by atoms with E-state index < -0.39 is 9.84 Å². The maximum absolute atomic E-state index is 13.0. The second kappa shape index (κ2) is 10.4. The van der Waals surface area contributed by atoms with E-state index in [0.29, 0.717) is 48.6 Å². The first kappa shape index (κ1) is 25.7. The van der Waals surface area contributed by atoms with Crippen molar-refractivity contribution in [1.82, 2.24) is 24.6 Å². The third kappa shape index (κ3) is 5.47. The monoisotopic (exact) mass is 534 g/mol. The number of rotatable bonds is 7. The summed E-state index contributed by atoms with van der Waals surface area (Å²) in [7, 11) is -3.28. The van der Waals surface area contributed by atoms with Crippen LogP contribution in [0.4, 0.5) is 5.82 Å². The van der Waals surface area contributed by atoms with Crippen LogP contribution in [-0.2, 0) is 9.84 Å². The molecule has 0 spiro atoms. The lowest BCUT2D eigenvalue weighted by Gasteiger charge is -2.32. The molecule has 38 heavy (non-hydrogen) atoms. The van der Waals surface area contributed by atoms with Gasteiger partial charge in [0.05, 0.1) is 27.7 Å². The molecule has 4 aromatic rings. The van der Waals surface area contributed by atoms with E-state index in [1.54, 1.807) is 47.5 Å². The number of aromatic nitrogens is 4. The van der Waals surface area contributed by atoms with E-state index in [-0.39, 0.29) is 22.9 Å². The topological polar surface area (TPSA) is 119 Å². The van der Waals surface area contributed by atoms with Gasteiger partial charge in [0.2, 0.25) is 0 Å². The number of carbonyl (C=O) groups excluding carboxylic acids is 1. The lowest BCUT2D eigenvalue weighted by Crippen LogP contribution is -2.41. The van der Waals surface area contributed by atoms with Crippen molar-refractivity contribution >= 4 is 32.6 Å². The van der Waals surface area contributed by atoms with Crippen LogP contribution in [0.3, 0.4) is 0 Å². The Bertz CT molecular complexity index is 1540. The average molecular weight is 535 g/mol. The first-order valence-corrected chi connectivity index (χ1v) is 14.4. The molecular weight excluding hydrogens is 504 g/mol. The number of piperidine rings is 1. The lowest BCUT2D eigenvalue weighted by molar-refractivity contribution is 0.0597. The van der Waals surface area contributed by atoms with E-state index in [9.17, 15) is 13.2 Å². The smallest absolute Gasteiger partial charge is 0.255 e. The van der Waals surface area contributed by atoms with Crippen molar-refractivity contribution in [3.8, 4) is 11.4 Å². The Morgan fingerprint density at radius 3 is 2.39 bits per heavy atom. The fourth-order valence-corrected chi connectivity index (χ4v) is 5.10. The number of ether oxygens (including phenoxy) is 1. The number of fused-ring (bicyclic) bond motifs is 1. The molecule has 1 amide bonds. The molecule has 10 nitrogen and oxygen atoms in total. The van der Waals surface area contributed by atoms with Crippen LogP contribution in [0.1, 0.15) is 37.0 Å². The summed E-state index contributed by atoms with van der Waals surface area (Å²) < 4.78 is 31.5. The number of hydrogen-bond donors (Lipinski definition) is 1. The number of likely N-dealkylation sites (tertiary alicyclic amines) is 1. The summed E-state index contributed by atoms with van der Waals surface area (Å²) in [5, 5.41) is 8.45. The Hall–Kier alpha value is -3.99. The van der Waals surface area contributed by atoms with Gasteiger partial charge in [0, 0.05) is 50.6 Å². The van der Waals surface area contributed by atoms with E-state index in [1.807, 2.05) is 36.9 Å². The minimum Gasteiger partial charge on any atom is -0.489 e. The van der Waals surface area contributed by atoms with Crippen molar-refractivity contribution in [2.45, 2.75) is 43.7 Å². The number of amides is 1. The van der Waals surface area contributed by atoms with Crippen molar-refractivity contribution in [2.75, 3.05) is 24.7 Å². The molecule has 11 heteroatoms. The quantitative estimate of drug-likeness (QED) is 0.381. The Kier molecular flexibility index (Phi) is 7.02. The Morgan fingerprint density at radius 2 is 1.76 bits per heavy atom. The molecule has 1 aromatic carbocycles. The van der Waals surface area contributed by atoms with Crippen LogP contribution in [0.5, 0.6) is 5.75 Å². The molecule has 1 aliphatic heterocycles. The van der Waals surface area contributed by atoms with Crippen molar-refractivity contribution in [3.05, 3.63) is 66.6 Å². The Morgan fingerprint density at radius 1 is 1.03 bits per heavy atom. The second-order valence-electron chi connectivity index (χ2n) is 9.71.